The maximum atomic E-state index is 13.5. The van der Waals surface area contributed by atoms with Gasteiger partial charge in [-0.3, -0.25) is 19.7 Å². The molecule has 3 aromatic carbocycles. The number of halogens is 2. The van der Waals surface area contributed by atoms with Crippen molar-refractivity contribution >= 4 is 23.1 Å². The summed E-state index contributed by atoms with van der Waals surface area (Å²) in [6.45, 7) is 2.19. The second-order valence-corrected chi connectivity index (χ2v) is 8.72. The van der Waals surface area contributed by atoms with E-state index in [-0.39, 0.29) is 34.7 Å². The fourth-order valence-electron chi connectivity index (χ4n) is 4.36. The minimum atomic E-state index is -0.531. The molecule has 186 valence electrons. The van der Waals surface area contributed by atoms with Crippen LogP contribution in [0.1, 0.15) is 33.6 Å². The van der Waals surface area contributed by atoms with Crippen molar-refractivity contribution in [2.45, 2.75) is 12.8 Å². The Morgan fingerprint density at radius 3 is 1.94 bits per heavy atom. The van der Waals surface area contributed by atoms with Crippen LogP contribution in [0.25, 0.3) is 0 Å². The molecule has 7 nitrogen and oxygen atoms in total. The van der Waals surface area contributed by atoms with Crippen LogP contribution >= 0.6 is 0 Å². The molecule has 0 radical (unpaired) electrons. The molecular weight excluding hydrogens is 468 g/mol. The van der Waals surface area contributed by atoms with E-state index >= 15 is 0 Å². The topological polar surface area (TPSA) is 83.8 Å². The van der Waals surface area contributed by atoms with E-state index in [0.717, 1.165) is 0 Å². The molecule has 1 fully saturated rings. The molecule has 4 rings (SSSR count). The quantitative estimate of drug-likeness (QED) is 0.247. The third kappa shape index (κ3) is 5.98. The molecule has 0 atom stereocenters. The number of amides is 1. The van der Waals surface area contributed by atoms with Gasteiger partial charge in [-0.25, -0.2) is 8.78 Å². The molecule has 0 aliphatic carbocycles. The summed E-state index contributed by atoms with van der Waals surface area (Å²) in [7, 11) is 0. The largest absolute Gasteiger partial charge is 0.307 e. The Hall–Kier alpha value is -3.98. The number of piperidine rings is 1. The average Bonchev–Trinajstić information content (AvgIpc) is 2.90. The molecule has 3 aromatic rings. The lowest BCUT2D eigenvalue weighted by molar-refractivity contribution is -0.384. The minimum absolute atomic E-state index is 0.0101. The number of likely N-dealkylation sites (tertiary alicyclic amines) is 1. The number of hydrogen-bond donors (Lipinski definition) is 0. The summed E-state index contributed by atoms with van der Waals surface area (Å²) in [5.41, 5.74) is 1.19. The molecule has 0 bridgehead atoms. The Morgan fingerprint density at radius 2 is 1.39 bits per heavy atom. The zero-order valence-electron chi connectivity index (χ0n) is 19.5. The Morgan fingerprint density at radius 1 is 0.861 bits per heavy atom. The normalized spacial score (nSPS) is 14.4. The lowest BCUT2D eigenvalue weighted by atomic mass is 9.89. The van der Waals surface area contributed by atoms with Crippen molar-refractivity contribution in [1.29, 1.82) is 0 Å². The van der Waals surface area contributed by atoms with Gasteiger partial charge in [-0.05, 0) is 86.6 Å². The highest BCUT2D eigenvalue weighted by atomic mass is 19.1. The van der Waals surface area contributed by atoms with Gasteiger partial charge in [0, 0.05) is 48.0 Å². The number of nitro groups is 1. The van der Waals surface area contributed by atoms with E-state index < -0.39 is 10.7 Å². The maximum Gasteiger partial charge on any atom is 0.269 e. The van der Waals surface area contributed by atoms with E-state index in [2.05, 4.69) is 4.90 Å². The number of ketones is 1. The summed E-state index contributed by atoms with van der Waals surface area (Å²) in [6.07, 6.45) is 1.31. The van der Waals surface area contributed by atoms with Gasteiger partial charge in [-0.2, -0.15) is 0 Å². The highest BCUT2D eigenvalue weighted by Gasteiger charge is 2.27. The number of Topliss-reactive ketones (excluding diaryl/α,β-unsaturated/α-hetero) is 1. The number of carbonyl (C=O) groups is 2. The van der Waals surface area contributed by atoms with Crippen LogP contribution in [0.4, 0.5) is 20.2 Å². The van der Waals surface area contributed by atoms with Gasteiger partial charge < -0.3 is 9.80 Å². The van der Waals surface area contributed by atoms with Gasteiger partial charge in [0.2, 0.25) is 0 Å². The Labute approximate surface area is 207 Å². The third-order valence-corrected chi connectivity index (χ3v) is 6.44. The van der Waals surface area contributed by atoms with E-state index in [4.69, 9.17) is 0 Å². The van der Waals surface area contributed by atoms with Gasteiger partial charge in [0.15, 0.2) is 5.78 Å². The molecule has 1 amide bonds. The van der Waals surface area contributed by atoms with Gasteiger partial charge in [0.1, 0.15) is 11.6 Å². The van der Waals surface area contributed by atoms with Crippen molar-refractivity contribution in [2.24, 2.45) is 5.92 Å². The van der Waals surface area contributed by atoms with Gasteiger partial charge in [-0.15, -0.1) is 0 Å². The molecule has 0 spiro atoms. The van der Waals surface area contributed by atoms with E-state index in [1.807, 2.05) is 0 Å². The zero-order chi connectivity index (χ0) is 25.7. The van der Waals surface area contributed by atoms with Gasteiger partial charge in [0.05, 0.1) is 4.92 Å². The highest BCUT2D eigenvalue weighted by molar-refractivity contribution is 6.06. The number of hydrogen-bond acceptors (Lipinski definition) is 5. The number of benzene rings is 3. The smallest absolute Gasteiger partial charge is 0.269 e. The lowest BCUT2D eigenvalue weighted by Crippen LogP contribution is -2.42. The molecule has 0 saturated carbocycles. The van der Waals surface area contributed by atoms with Crippen LogP contribution in [0.15, 0.2) is 72.8 Å². The SMILES string of the molecule is O=C(c1ccc(F)cc1)C1CCN(CCN(C(=O)c2ccc([N+](=O)[O-])cc2)c2ccc(F)cc2)CC1. The summed E-state index contributed by atoms with van der Waals surface area (Å²) in [5.74, 6) is -1.28. The van der Waals surface area contributed by atoms with Crippen molar-refractivity contribution in [1.82, 2.24) is 4.90 Å². The summed E-state index contributed by atoms with van der Waals surface area (Å²) in [5, 5.41) is 10.9. The Balaban J connectivity index is 1.41. The molecule has 1 heterocycles. The molecule has 0 N–H and O–H groups in total. The van der Waals surface area contributed by atoms with Crippen molar-refractivity contribution in [3.8, 4) is 0 Å². The Kier molecular flexibility index (Phi) is 7.80. The molecule has 36 heavy (non-hydrogen) atoms. The van der Waals surface area contributed by atoms with Crippen LogP contribution < -0.4 is 4.90 Å². The van der Waals surface area contributed by atoms with E-state index in [1.165, 1.54) is 77.7 Å². The molecule has 1 aliphatic heterocycles. The fourth-order valence-corrected chi connectivity index (χ4v) is 4.36. The van der Waals surface area contributed by atoms with Crippen molar-refractivity contribution in [3.05, 3.63) is 106 Å². The molecule has 0 unspecified atom stereocenters. The second kappa shape index (κ2) is 11.2. The fraction of sp³-hybridized carbons (Fsp3) is 0.259. The summed E-state index contributed by atoms with van der Waals surface area (Å²) in [4.78, 5) is 40.1. The molecular formula is C27H25F2N3O4. The minimum Gasteiger partial charge on any atom is -0.307 e. The predicted molar refractivity (Wildman–Crippen MR) is 131 cm³/mol. The number of rotatable bonds is 8. The van der Waals surface area contributed by atoms with Crippen molar-refractivity contribution < 1.29 is 23.3 Å². The monoisotopic (exact) mass is 493 g/mol. The maximum absolute atomic E-state index is 13.5. The zero-order valence-corrected chi connectivity index (χ0v) is 19.5. The molecule has 1 saturated heterocycles. The van der Waals surface area contributed by atoms with Crippen LogP contribution in [0.3, 0.4) is 0 Å². The summed E-state index contributed by atoms with van der Waals surface area (Å²) < 4.78 is 26.7. The first kappa shape index (κ1) is 25.1. The van der Waals surface area contributed by atoms with Crippen LogP contribution in [0, 0.1) is 27.7 Å². The standard InChI is InChI=1S/C27H25F2N3O4/c28-22-5-1-19(2-6-22)26(33)20-13-15-30(16-14-20)17-18-31(24-11-7-23(29)8-12-24)27(34)21-3-9-25(10-4-21)32(35)36/h1-12,20H,13-18H2. The summed E-state index contributed by atoms with van der Waals surface area (Å²) >= 11 is 0. The number of anilines is 1. The first-order chi connectivity index (χ1) is 17.3. The van der Waals surface area contributed by atoms with Gasteiger partial charge in [0.25, 0.3) is 11.6 Å². The molecule has 1 aliphatic rings. The molecule has 0 aromatic heterocycles. The average molecular weight is 494 g/mol. The van der Waals surface area contributed by atoms with Crippen molar-refractivity contribution in [3.63, 3.8) is 0 Å². The Bertz CT molecular complexity index is 1220. The number of nitro benzene ring substituents is 1. The first-order valence-corrected chi connectivity index (χ1v) is 11.7. The van der Waals surface area contributed by atoms with E-state index in [9.17, 15) is 28.5 Å². The number of nitrogens with zero attached hydrogens (tertiary/aromatic N) is 3. The van der Waals surface area contributed by atoms with Gasteiger partial charge >= 0.3 is 0 Å². The first-order valence-electron chi connectivity index (χ1n) is 11.7. The van der Waals surface area contributed by atoms with Crippen LogP contribution in [-0.4, -0.2) is 47.7 Å². The summed E-state index contributed by atoms with van der Waals surface area (Å²) in [6, 6.07) is 16.5. The third-order valence-electron chi connectivity index (χ3n) is 6.44. The second-order valence-electron chi connectivity index (χ2n) is 8.72. The molecule has 9 heteroatoms. The van der Waals surface area contributed by atoms with E-state index in [1.54, 1.807) is 0 Å². The number of carbonyl (C=O) groups excluding carboxylic acids is 2. The van der Waals surface area contributed by atoms with Crippen LogP contribution in [0.5, 0.6) is 0 Å². The lowest BCUT2D eigenvalue weighted by Gasteiger charge is -2.33. The number of non-ortho nitro benzene ring substituents is 1. The van der Waals surface area contributed by atoms with Crippen LogP contribution in [-0.2, 0) is 0 Å². The van der Waals surface area contributed by atoms with Crippen LogP contribution in [0.2, 0.25) is 0 Å². The highest BCUT2D eigenvalue weighted by Crippen LogP contribution is 2.24. The van der Waals surface area contributed by atoms with E-state index in [0.29, 0.717) is 50.3 Å². The van der Waals surface area contributed by atoms with Crippen molar-refractivity contribution in [2.75, 3.05) is 31.1 Å². The predicted octanol–water partition coefficient (Wildman–Crippen LogP) is 5.11. The van der Waals surface area contributed by atoms with Gasteiger partial charge in [-0.1, -0.05) is 0 Å².